The van der Waals surface area contributed by atoms with Crippen LogP contribution in [0, 0.1) is 13.8 Å². The van der Waals surface area contributed by atoms with E-state index in [1.165, 1.54) is 10.3 Å². The topological polar surface area (TPSA) is 76.3 Å². The summed E-state index contributed by atoms with van der Waals surface area (Å²) in [6.45, 7) is 6.67. The second-order valence-electron chi connectivity index (χ2n) is 8.98. The minimum atomic E-state index is -0.0986. The first kappa shape index (κ1) is 21.4. The van der Waals surface area contributed by atoms with Crippen molar-refractivity contribution in [3.05, 3.63) is 69.4 Å². The summed E-state index contributed by atoms with van der Waals surface area (Å²) in [6.07, 6.45) is 3.54. The maximum absolute atomic E-state index is 13.5. The number of carbonyl (C=O) groups excluding carboxylic acids is 1. The molecule has 0 unspecified atom stereocenters. The number of piperazine rings is 1. The average molecular weight is 447 g/mol. The van der Waals surface area contributed by atoms with Crippen LogP contribution in [-0.4, -0.2) is 56.3 Å². The van der Waals surface area contributed by atoms with Crippen molar-refractivity contribution in [1.29, 1.82) is 0 Å². The lowest BCUT2D eigenvalue weighted by atomic mass is 9.97. The first-order chi connectivity index (χ1) is 16.0. The van der Waals surface area contributed by atoms with Crippen LogP contribution in [0.25, 0.3) is 5.95 Å². The van der Waals surface area contributed by atoms with Crippen LogP contribution < -0.4 is 10.5 Å². The lowest BCUT2D eigenvalue weighted by Gasteiger charge is -2.36. The Morgan fingerprint density at radius 1 is 1.00 bits per heavy atom. The van der Waals surface area contributed by atoms with Gasteiger partial charge in [0.25, 0.3) is 5.56 Å². The zero-order valence-electron chi connectivity index (χ0n) is 19.3. The van der Waals surface area contributed by atoms with E-state index in [1.54, 1.807) is 4.68 Å². The van der Waals surface area contributed by atoms with Crippen LogP contribution in [0.3, 0.4) is 0 Å². The first-order valence-electron chi connectivity index (χ1n) is 11.8. The number of amides is 1. The van der Waals surface area contributed by atoms with Gasteiger partial charge in [0.05, 0.1) is 11.4 Å². The number of nitrogens with zero attached hydrogens (tertiary/aromatic N) is 6. The number of fused-ring (bicyclic) bond motifs is 1. The van der Waals surface area contributed by atoms with E-state index in [-0.39, 0.29) is 18.0 Å². The van der Waals surface area contributed by atoms with Crippen molar-refractivity contribution >= 4 is 11.6 Å². The first-order valence-corrected chi connectivity index (χ1v) is 11.8. The van der Waals surface area contributed by atoms with Gasteiger partial charge in [-0.2, -0.15) is 5.10 Å². The summed E-state index contributed by atoms with van der Waals surface area (Å²) < 4.78 is 3.24. The molecule has 8 heteroatoms. The summed E-state index contributed by atoms with van der Waals surface area (Å²) in [5, 5.41) is 4.56. The zero-order valence-corrected chi connectivity index (χ0v) is 19.3. The third-order valence-corrected chi connectivity index (χ3v) is 6.66. The fourth-order valence-electron chi connectivity index (χ4n) is 4.90. The number of rotatable bonds is 4. The molecule has 3 heterocycles. The summed E-state index contributed by atoms with van der Waals surface area (Å²) in [5.41, 5.74) is 4.44. The van der Waals surface area contributed by atoms with Gasteiger partial charge in [0, 0.05) is 43.1 Å². The van der Waals surface area contributed by atoms with Gasteiger partial charge in [-0.15, -0.1) is 0 Å². The third-order valence-electron chi connectivity index (χ3n) is 6.66. The molecule has 0 spiro atoms. The second kappa shape index (κ2) is 8.84. The maximum atomic E-state index is 13.5. The fourth-order valence-corrected chi connectivity index (χ4v) is 4.90. The van der Waals surface area contributed by atoms with Crippen LogP contribution in [-0.2, 0) is 24.2 Å². The molecule has 3 aromatic rings. The van der Waals surface area contributed by atoms with Gasteiger partial charge in [0.2, 0.25) is 11.9 Å². The van der Waals surface area contributed by atoms with Gasteiger partial charge in [-0.1, -0.05) is 18.2 Å². The molecule has 0 saturated carbocycles. The van der Waals surface area contributed by atoms with E-state index in [0.29, 0.717) is 19.0 Å². The number of hydrogen-bond donors (Lipinski definition) is 0. The van der Waals surface area contributed by atoms with Gasteiger partial charge < -0.3 is 9.80 Å². The minimum absolute atomic E-state index is 0.0157. The molecular formula is C25H30N6O2. The molecule has 0 bridgehead atoms. The molecule has 2 aliphatic rings. The van der Waals surface area contributed by atoms with Gasteiger partial charge in [-0.3, -0.25) is 14.2 Å². The molecule has 1 fully saturated rings. The molecule has 1 aliphatic carbocycles. The molecule has 5 rings (SSSR count). The summed E-state index contributed by atoms with van der Waals surface area (Å²) in [4.78, 5) is 35.8. The Labute approximate surface area is 193 Å². The van der Waals surface area contributed by atoms with Gasteiger partial charge in [0.15, 0.2) is 0 Å². The Kier molecular flexibility index (Phi) is 5.74. The van der Waals surface area contributed by atoms with Crippen LogP contribution in [0.4, 0.5) is 5.69 Å². The van der Waals surface area contributed by atoms with Crippen molar-refractivity contribution in [3.8, 4) is 5.95 Å². The largest absolute Gasteiger partial charge is 0.368 e. The Morgan fingerprint density at radius 2 is 1.73 bits per heavy atom. The van der Waals surface area contributed by atoms with Crippen LogP contribution in [0.5, 0.6) is 0 Å². The highest BCUT2D eigenvalue weighted by Gasteiger charge is 2.26. The van der Waals surface area contributed by atoms with Crippen LogP contribution in [0.15, 0.2) is 41.2 Å². The SMILES string of the molecule is Cc1cc(C)n(-c2nc3c(c(=O)n2CC(=O)N2CCN(c4ccccc4)CC2)CCCC3)n1. The molecule has 33 heavy (non-hydrogen) atoms. The van der Waals surface area contributed by atoms with E-state index < -0.39 is 0 Å². The summed E-state index contributed by atoms with van der Waals surface area (Å²) in [5.74, 6) is 0.396. The Balaban J connectivity index is 1.41. The molecule has 1 saturated heterocycles. The van der Waals surface area contributed by atoms with Gasteiger partial charge in [0.1, 0.15) is 6.54 Å². The molecule has 172 valence electrons. The molecular weight excluding hydrogens is 416 g/mol. The van der Waals surface area contributed by atoms with Gasteiger partial charge in [-0.05, 0) is 57.7 Å². The van der Waals surface area contributed by atoms with Crippen molar-refractivity contribution in [1.82, 2.24) is 24.2 Å². The van der Waals surface area contributed by atoms with Crippen LogP contribution in [0.2, 0.25) is 0 Å². The maximum Gasteiger partial charge on any atom is 0.258 e. The molecule has 0 N–H and O–H groups in total. The molecule has 1 aliphatic heterocycles. The molecule has 1 aromatic carbocycles. The standard InChI is InChI=1S/C25H30N6O2/c1-18-16-19(2)31(27-18)25-26-22-11-7-6-10-21(22)24(33)30(25)17-23(32)29-14-12-28(13-15-29)20-8-4-3-5-9-20/h3-5,8-9,16H,6-7,10-15,17H2,1-2H3. The van der Waals surface area contributed by atoms with Gasteiger partial charge in [-0.25, -0.2) is 9.67 Å². The summed E-state index contributed by atoms with van der Waals surface area (Å²) >= 11 is 0. The number of hydrogen-bond acceptors (Lipinski definition) is 5. The Bertz CT molecular complexity index is 1220. The number of carbonyl (C=O) groups is 1. The molecule has 8 nitrogen and oxygen atoms in total. The van der Waals surface area contributed by atoms with E-state index in [2.05, 4.69) is 22.1 Å². The lowest BCUT2D eigenvalue weighted by molar-refractivity contribution is -0.132. The highest BCUT2D eigenvalue weighted by molar-refractivity contribution is 5.76. The quantitative estimate of drug-likeness (QED) is 0.615. The van der Waals surface area contributed by atoms with Gasteiger partial charge >= 0.3 is 0 Å². The molecule has 2 aromatic heterocycles. The Morgan fingerprint density at radius 3 is 2.42 bits per heavy atom. The van der Waals surface area contributed by atoms with Crippen molar-refractivity contribution < 1.29 is 4.79 Å². The number of benzene rings is 1. The Hall–Kier alpha value is -3.42. The van der Waals surface area contributed by atoms with Crippen molar-refractivity contribution in [3.63, 3.8) is 0 Å². The second-order valence-corrected chi connectivity index (χ2v) is 8.98. The highest BCUT2D eigenvalue weighted by Crippen LogP contribution is 2.20. The predicted molar refractivity (Wildman–Crippen MR) is 127 cm³/mol. The van der Waals surface area contributed by atoms with E-state index in [0.717, 1.165) is 61.4 Å². The van der Waals surface area contributed by atoms with E-state index in [4.69, 9.17) is 4.98 Å². The predicted octanol–water partition coefficient (Wildman–Crippen LogP) is 2.27. The summed E-state index contributed by atoms with van der Waals surface area (Å²) in [6, 6.07) is 12.2. The highest BCUT2D eigenvalue weighted by atomic mass is 16.2. The monoisotopic (exact) mass is 446 g/mol. The molecule has 1 amide bonds. The normalized spacial score (nSPS) is 16.1. The van der Waals surface area contributed by atoms with E-state index in [9.17, 15) is 9.59 Å². The molecule has 0 atom stereocenters. The smallest absolute Gasteiger partial charge is 0.258 e. The summed E-state index contributed by atoms with van der Waals surface area (Å²) in [7, 11) is 0. The van der Waals surface area contributed by atoms with Crippen molar-refractivity contribution in [2.75, 3.05) is 31.1 Å². The van der Waals surface area contributed by atoms with Crippen molar-refractivity contribution in [2.24, 2.45) is 0 Å². The number of para-hydroxylation sites is 1. The number of aromatic nitrogens is 4. The van der Waals surface area contributed by atoms with Crippen LogP contribution in [0.1, 0.15) is 35.5 Å². The zero-order chi connectivity index (χ0) is 22.9. The van der Waals surface area contributed by atoms with Crippen LogP contribution >= 0.6 is 0 Å². The third kappa shape index (κ3) is 4.17. The molecule has 0 radical (unpaired) electrons. The average Bonchev–Trinajstić information content (AvgIpc) is 3.19. The number of anilines is 1. The van der Waals surface area contributed by atoms with E-state index in [1.807, 2.05) is 43.0 Å². The van der Waals surface area contributed by atoms with Crippen molar-refractivity contribution in [2.45, 2.75) is 46.1 Å². The minimum Gasteiger partial charge on any atom is -0.368 e. The fraction of sp³-hybridized carbons (Fsp3) is 0.440. The lowest BCUT2D eigenvalue weighted by Crippen LogP contribution is -2.50. The number of aryl methyl sites for hydroxylation is 3. The van der Waals surface area contributed by atoms with E-state index >= 15 is 0 Å².